The van der Waals surface area contributed by atoms with Crippen LogP contribution in [0.2, 0.25) is 5.02 Å². The van der Waals surface area contributed by atoms with Crippen LogP contribution in [0.25, 0.3) is 16.9 Å². The zero-order chi connectivity index (χ0) is 14.3. The van der Waals surface area contributed by atoms with Gasteiger partial charge in [-0.2, -0.15) is 5.26 Å². The van der Waals surface area contributed by atoms with Crippen molar-refractivity contribution in [1.29, 1.82) is 5.26 Å². The summed E-state index contributed by atoms with van der Waals surface area (Å²) >= 11 is 9.34. The van der Waals surface area contributed by atoms with Crippen molar-refractivity contribution < 1.29 is 0 Å². The van der Waals surface area contributed by atoms with Crippen molar-refractivity contribution in [3.63, 3.8) is 0 Å². The zero-order valence-corrected chi connectivity index (χ0v) is 12.4. The van der Waals surface area contributed by atoms with Crippen LogP contribution in [0.5, 0.6) is 0 Å². The number of nitrogen functional groups attached to an aromatic ring is 1. The molecule has 0 aliphatic carbocycles. The average molecular weight is 349 g/mol. The number of nitrogens with two attached hydrogens (primary N) is 1. The summed E-state index contributed by atoms with van der Waals surface area (Å²) in [6.45, 7) is 0. The minimum Gasteiger partial charge on any atom is -0.369 e. The van der Waals surface area contributed by atoms with E-state index in [4.69, 9.17) is 17.3 Å². The molecule has 3 aromatic rings. The predicted molar refractivity (Wildman–Crippen MR) is 80.7 cm³/mol. The van der Waals surface area contributed by atoms with Gasteiger partial charge in [-0.3, -0.25) is 4.57 Å². The van der Waals surface area contributed by atoms with Crippen molar-refractivity contribution in [2.45, 2.75) is 0 Å². The summed E-state index contributed by atoms with van der Waals surface area (Å²) in [6, 6.07) is 8.89. The van der Waals surface area contributed by atoms with E-state index in [9.17, 15) is 5.26 Å². The fourth-order valence-electron chi connectivity index (χ4n) is 1.98. The van der Waals surface area contributed by atoms with Gasteiger partial charge in [0.15, 0.2) is 5.65 Å². The van der Waals surface area contributed by atoms with Crippen molar-refractivity contribution >= 4 is 44.6 Å². The lowest BCUT2D eigenvalue weighted by molar-refractivity contribution is 1.08. The monoisotopic (exact) mass is 347 g/mol. The van der Waals surface area contributed by atoms with Gasteiger partial charge in [-0.25, -0.2) is 9.97 Å². The molecule has 0 aliphatic rings. The second kappa shape index (κ2) is 4.78. The summed E-state index contributed by atoms with van der Waals surface area (Å²) in [5.74, 6) is 0.254. The SMILES string of the molecule is N#Cc1ccc(Cl)cc1-n1c(N)nc2cc(Br)cnc21. The molecule has 0 saturated carbocycles. The molecular weight excluding hydrogens is 342 g/mol. The molecular formula is C13H7BrClN5. The van der Waals surface area contributed by atoms with Crippen LogP contribution in [0.3, 0.4) is 0 Å². The number of nitrogens with zero attached hydrogens (tertiary/aromatic N) is 4. The zero-order valence-electron chi connectivity index (χ0n) is 10.0. The fraction of sp³-hybridized carbons (Fsp3) is 0. The number of imidazole rings is 1. The van der Waals surface area contributed by atoms with Gasteiger partial charge in [-0.05, 0) is 40.2 Å². The Labute approximate surface area is 127 Å². The number of aromatic nitrogens is 3. The van der Waals surface area contributed by atoms with E-state index in [1.54, 1.807) is 29.0 Å². The lowest BCUT2D eigenvalue weighted by Crippen LogP contribution is -2.03. The number of rotatable bonds is 1. The van der Waals surface area contributed by atoms with Gasteiger partial charge in [-0.1, -0.05) is 11.6 Å². The summed E-state index contributed by atoms with van der Waals surface area (Å²) < 4.78 is 2.42. The second-order valence-corrected chi connectivity index (χ2v) is 5.43. The number of hydrogen-bond acceptors (Lipinski definition) is 4. The highest BCUT2D eigenvalue weighted by molar-refractivity contribution is 9.10. The molecule has 1 aromatic carbocycles. The highest BCUT2D eigenvalue weighted by Gasteiger charge is 2.15. The Balaban J connectivity index is 2.38. The van der Waals surface area contributed by atoms with Gasteiger partial charge in [0.2, 0.25) is 5.95 Å². The smallest absolute Gasteiger partial charge is 0.207 e. The molecule has 0 unspecified atom stereocenters. The predicted octanol–water partition coefficient (Wildman–Crippen LogP) is 3.29. The van der Waals surface area contributed by atoms with E-state index in [0.29, 0.717) is 27.4 Å². The second-order valence-electron chi connectivity index (χ2n) is 4.07. The molecule has 20 heavy (non-hydrogen) atoms. The van der Waals surface area contributed by atoms with E-state index in [1.807, 2.05) is 6.07 Å². The van der Waals surface area contributed by atoms with Crippen LogP contribution in [-0.2, 0) is 0 Å². The fourth-order valence-corrected chi connectivity index (χ4v) is 2.47. The summed E-state index contributed by atoms with van der Waals surface area (Å²) in [5, 5.41) is 9.73. The first-order valence-electron chi connectivity index (χ1n) is 5.59. The molecule has 0 saturated heterocycles. The Kier molecular flexibility index (Phi) is 3.08. The Hall–Kier alpha value is -2.10. The lowest BCUT2D eigenvalue weighted by Gasteiger charge is -2.08. The standard InChI is InChI=1S/C13H7BrClN5/c14-8-3-10-12(18-6-8)20(13(17)19-10)11-4-9(15)2-1-7(11)5-16/h1-4,6H,(H2,17,19). The summed E-state index contributed by atoms with van der Waals surface area (Å²) in [4.78, 5) is 8.56. The van der Waals surface area contributed by atoms with Crippen LogP contribution < -0.4 is 5.73 Å². The molecule has 0 spiro atoms. The van der Waals surface area contributed by atoms with E-state index < -0.39 is 0 Å². The molecule has 0 radical (unpaired) electrons. The molecule has 5 nitrogen and oxygen atoms in total. The largest absolute Gasteiger partial charge is 0.369 e. The molecule has 0 fully saturated rings. The Morgan fingerprint density at radius 3 is 2.90 bits per heavy atom. The molecule has 0 bridgehead atoms. The highest BCUT2D eigenvalue weighted by Crippen LogP contribution is 2.27. The maximum Gasteiger partial charge on any atom is 0.207 e. The highest BCUT2D eigenvalue weighted by atomic mass is 79.9. The van der Waals surface area contributed by atoms with Crippen LogP contribution in [0.1, 0.15) is 5.56 Å². The Morgan fingerprint density at radius 2 is 2.15 bits per heavy atom. The molecule has 2 N–H and O–H groups in total. The normalized spacial score (nSPS) is 10.7. The van der Waals surface area contributed by atoms with Gasteiger partial charge < -0.3 is 5.73 Å². The first kappa shape index (κ1) is 12.9. The molecule has 3 rings (SSSR count). The Bertz CT molecular complexity index is 865. The minimum atomic E-state index is 0.254. The quantitative estimate of drug-likeness (QED) is 0.731. The van der Waals surface area contributed by atoms with Crippen molar-refractivity contribution in [2.24, 2.45) is 0 Å². The molecule has 0 aliphatic heterocycles. The molecule has 2 heterocycles. The van der Waals surface area contributed by atoms with Gasteiger partial charge in [0.05, 0.1) is 11.3 Å². The lowest BCUT2D eigenvalue weighted by atomic mass is 10.2. The first-order chi connectivity index (χ1) is 9.60. The number of halogens is 2. The van der Waals surface area contributed by atoms with Crippen LogP contribution >= 0.6 is 27.5 Å². The van der Waals surface area contributed by atoms with Gasteiger partial charge in [0, 0.05) is 15.7 Å². The first-order valence-corrected chi connectivity index (χ1v) is 6.77. The van der Waals surface area contributed by atoms with E-state index in [1.165, 1.54) is 0 Å². The molecule has 0 atom stereocenters. The number of pyridine rings is 1. The summed E-state index contributed by atoms with van der Waals surface area (Å²) in [7, 11) is 0. The van der Waals surface area contributed by atoms with Crippen molar-refractivity contribution in [1.82, 2.24) is 14.5 Å². The number of hydrogen-bond donors (Lipinski definition) is 1. The molecule has 7 heteroatoms. The number of fused-ring (bicyclic) bond motifs is 1. The van der Waals surface area contributed by atoms with Crippen LogP contribution in [0, 0.1) is 11.3 Å². The summed E-state index contributed by atoms with van der Waals surface area (Å²) in [5.41, 5.74) is 8.18. The van der Waals surface area contributed by atoms with E-state index in [2.05, 4.69) is 32.0 Å². The maximum absolute atomic E-state index is 9.22. The van der Waals surface area contributed by atoms with Crippen molar-refractivity contribution in [3.8, 4) is 11.8 Å². The van der Waals surface area contributed by atoms with Crippen LogP contribution in [0.15, 0.2) is 34.9 Å². The van der Waals surface area contributed by atoms with Crippen molar-refractivity contribution in [2.75, 3.05) is 5.73 Å². The van der Waals surface area contributed by atoms with E-state index in [0.717, 1.165) is 4.47 Å². The number of benzene rings is 1. The van der Waals surface area contributed by atoms with Gasteiger partial charge in [-0.15, -0.1) is 0 Å². The number of nitriles is 1. The third-order valence-corrected chi connectivity index (χ3v) is 3.48. The maximum atomic E-state index is 9.22. The third kappa shape index (κ3) is 2.01. The minimum absolute atomic E-state index is 0.254. The molecule has 2 aromatic heterocycles. The van der Waals surface area contributed by atoms with Gasteiger partial charge in [0.25, 0.3) is 0 Å². The van der Waals surface area contributed by atoms with Crippen LogP contribution in [0.4, 0.5) is 5.95 Å². The topological polar surface area (TPSA) is 80.5 Å². The van der Waals surface area contributed by atoms with Gasteiger partial charge >= 0.3 is 0 Å². The average Bonchev–Trinajstić information content (AvgIpc) is 2.73. The van der Waals surface area contributed by atoms with E-state index >= 15 is 0 Å². The summed E-state index contributed by atoms with van der Waals surface area (Å²) in [6.07, 6.45) is 1.65. The van der Waals surface area contributed by atoms with Crippen LogP contribution in [-0.4, -0.2) is 14.5 Å². The third-order valence-electron chi connectivity index (χ3n) is 2.81. The van der Waals surface area contributed by atoms with E-state index in [-0.39, 0.29) is 5.95 Å². The van der Waals surface area contributed by atoms with Crippen molar-refractivity contribution in [3.05, 3.63) is 45.5 Å². The Morgan fingerprint density at radius 1 is 1.35 bits per heavy atom. The number of anilines is 1. The molecule has 98 valence electrons. The molecule has 0 amide bonds. The van der Waals surface area contributed by atoms with Gasteiger partial charge in [0.1, 0.15) is 11.6 Å².